The third-order valence-electron chi connectivity index (χ3n) is 7.26. The Kier molecular flexibility index (Phi) is 6.92. The van der Waals surface area contributed by atoms with Crippen LogP contribution in [0, 0.1) is 5.92 Å². The summed E-state index contributed by atoms with van der Waals surface area (Å²) >= 11 is 6.35. The van der Waals surface area contributed by atoms with Gasteiger partial charge in [-0.05, 0) is 44.4 Å². The second kappa shape index (κ2) is 9.48. The summed E-state index contributed by atoms with van der Waals surface area (Å²) < 4.78 is 11.5. The van der Waals surface area contributed by atoms with Crippen LogP contribution in [0.25, 0.3) is 0 Å². The van der Waals surface area contributed by atoms with Crippen molar-refractivity contribution in [1.29, 1.82) is 0 Å². The van der Waals surface area contributed by atoms with E-state index in [1.807, 2.05) is 39.0 Å². The van der Waals surface area contributed by atoms with Gasteiger partial charge in [-0.1, -0.05) is 42.3 Å². The molecule has 9 heteroatoms. The van der Waals surface area contributed by atoms with Crippen LogP contribution in [0.2, 0.25) is 5.02 Å². The van der Waals surface area contributed by atoms with Gasteiger partial charge in [0.2, 0.25) is 5.91 Å². The maximum atomic E-state index is 13.0. The standard InChI is InChI=1S/C26H33ClN2O6/c1-15-7-5-6-9-26(33)14-20(34-24(32)28-26)16(2)23-25(3,35-23)10-8-21(31)29(4)18-12-17(11-15)13-19(30)22(18)27/h5-7,12-13,16,20,23,30,33H,8-11,14H2,1-4H3,(H,28,32)/b6-5+,15-7+/t16-,20?,23?,25?,26-/m1/s1. The van der Waals surface area contributed by atoms with Gasteiger partial charge < -0.3 is 24.6 Å². The Labute approximate surface area is 210 Å². The van der Waals surface area contributed by atoms with E-state index in [4.69, 9.17) is 21.1 Å². The van der Waals surface area contributed by atoms with Crippen LogP contribution in [0.1, 0.15) is 52.0 Å². The second-order valence-corrected chi connectivity index (χ2v) is 10.6. The third kappa shape index (κ3) is 5.50. The molecular formula is C26H33ClN2O6. The van der Waals surface area contributed by atoms with Crippen molar-refractivity contribution in [2.75, 3.05) is 11.9 Å². The normalized spacial score (nSPS) is 36.3. The van der Waals surface area contributed by atoms with E-state index in [0.29, 0.717) is 18.5 Å². The molecule has 3 aliphatic rings. The number of rotatable bonds is 0. The molecule has 2 amide bonds. The molecule has 4 rings (SSSR count). The molecule has 0 aromatic heterocycles. The molecule has 1 aromatic rings. The predicted molar refractivity (Wildman–Crippen MR) is 132 cm³/mol. The van der Waals surface area contributed by atoms with Crippen molar-refractivity contribution in [3.8, 4) is 5.75 Å². The molecule has 3 aliphatic heterocycles. The van der Waals surface area contributed by atoms with E-state index < -0.39 is 23.5 Å². The van der Waals surface area contributed by atoms with Gasteiger partial charge in [0.15, 0.2) is 0 Å². The van der Waals surface area contributed by atoms with E-state index in [1.165, 1.54) is 4.90 Å². The predicted octanol–water partition coefficient (Wildman–Crippen LogP) is 4.22. The summed E-state index contributed by atoms with van der Waals surface area (Å²) in [6.45, 7) is 5.82. The van der Waals surface area contributed by atoms with Gasteiger partial charge in [-0.25, -0.2) is 4.79 Å². The van der Waals surface area contributed by atoms with Crippen LogP contribution in [-0.2, 0) is 20.7 Å². The molecule has 4 bridgehead atoms. The Morgan fingerprint density at radius 1 is 1.29 bits per heavy atom. The first-order chi connectivity index (χ1) is 16.4. The van der Waals surface area contributed by atoms with Crippen LogP contribution in [0.15, 0.2) is 35.9 Å². The van der Waals surface area contributed by atoms with Crippen molar-refractivity contribution in [3.63, 3.8) is 0 Å². The number of benzene rings is 1. The summed E-state index contributed by atoms with van der Waals surface area (Å²) in [5.41, 5.74) is 0.305. The van der Waals surface area contributed by atoms with Gasteiger partial charge in [0.25, 0.3) is 0 Å². The number of ether oxygens (including phenoxy) is 2. The molecule has 3 heterocycles. The van der Waals surface area contributed by atoms with Gasteiger partial charge in [0.05, 0.1) is 17.4 Å². The zero-order valence-electron chi connectivity index (χ0n) is 20.5. The SMILES string of the molecule is C/C1=C\C=C\C[C@@]2(O)CC(OC(=O)N2)[C@@H](C)C2OC2(C)CCC(=O)N(C)c2cc(cc(O)c2Cl)C1. The molecule has 0 aliphatic carbocycles. The first-order valence-electron chi connectivity index (χ1n) is 11.9. The molecule has 5 atom stereocenters. The van der Waals surface area contributed by atoms with E-state index in [1.54, 1.807) is 19.2 Å². The summed E-state index contributed by atoms with van der Waals surface area (Å²) in [6.07, 6.45) is 5.84. The number of aromatic hydroxyl groups is 1. The molecule has 0 saturated carbocycles. The van der Waals surface area contributed by atoms with Crippen molar-refractivity contribution < 1.29 is 29.3 Å². The Morgan fingerprint density at radius 3 is 2.77 bits per heavy atom. The number of carbonyl (C=O) groups excluding carboxylic acids is 2. The Bertz CT molecular complexity index is 1090. The maximum absolute atomic E-state index is 13.0. The van der Waals surface area contributed by atoms with Crippen LogP contribution in [0.5, 0.6) is 5.75 Å². The zero-order valence-corrected chi connectivity index (χ0v) is 21.3. The van der Waals surface area contributed by atoms with E-state index in [0.717, 1.165) is 11.1 Å². The summed E-state index contributed by atoms with van der Waals surface area (Å²) in [7, 11) is 1.65. The van der Waals surface area contributed by atoms with E-state index >= 15 is 0 Å². The number of carbonyl (C=O) groups is 2. The highest BCUT2D eigenvalue weighted by Crippen LogP contribution is 2.47. The number of phenolic OH excluding ortho intramolecular Hbond substituents is 1. The minimum Gasteiger partial charge on any atom is -0.506 e. The highest BCUT2D eigenvalue weighted by Gasteiger charge is 2.58. The topological polar surface area (TPSA) is 112 Å². The summed E-state index contributed by atoms with van der Waals surface area (Å²) in [5, 5.41) is 24.1. The molecular weight excluding hydrogens is 472 g/mol. The summed E-state index contributed by atoms with van der Waals surface area (Å²) in [6, 6.07) is 3.41. The molecule has 35 heavy (non-hydrogen) atoms. The zero-order chi connectivity index (χ0) is 25.5. The lowest BCUT2D eigenvalue weighted by Crippen LogP contribution is -2.57. The number of amides is 2. The molecule has 8 nitrogen and oxygen atoms in total. The van der Waals surface area contributed by atoms with Gasteiger partial charge in [-0.15, -0.1) is 0 Å². The fourth-order valence-electron chi connectivity index (χ4n) is 5.06. The second-order valence-electron chi connectivity index (χ2n) is 10.2. The molecule has 3 unspecified atom stereocenters. The summed E-state index contributed by atoms with van der Waals surface area (Å²) in [4.78, 5) is 26.7. The number of aliphatic hydroxyl groups is 1. The average Bonchev–Trinajstić information content (AvgIpc) is 3.46. The molecule has 0 spiro atoms. The first kappa shape index (κ1) is 25.5. The van der Waals surface area contributed by atoms with Crippen LogP contribution >= 0.6 is 11.6 Å². The van der Waals surface area contributed by atoms with Crippen molar-refractivity contribution >= 4 is 29.3 Å². The minimum absolute atomic E-state index is 0.0790. The van der Waals surface area contributed by atoms with Crippen LogP contribution < -0.4 is 10.2 Å². The molecule has 2 fully saturated rings. The van der Waals surface area contributed by atoms with Crippen molar-refractivity contribution in [1.82, 2.24) is 5.32 Å². The van der Waals surface area contributed by atoms with Crippen LogP contribution in [0.4, 0.5) is 10.5 Å². The lowest BCUT2D eigenvalue weighted by Gasteiger charge is -2.38. The smallest absolute Gasteiger partial charge is 0.409 e. The van der Waals surface area contributed by atoms with Crippen molar-refractivity contribution in [3.05, 3.63) is 46.5 Å². The van der Waals surface area contributed by atoms with Gasteiger partial charge >= 0.3 is 6.09 Å². The Balaban J connectivity index is 1.65. The number of epoxide rings is 1. The average molecular weight is 505 g/mol. The number of halogens is 1. The lowest BCUT2D eigenvalue weighted by molar-refractivity contribution is -0.118. The van der Waals surface area contributed by atoms with Gasteiger partial charge in [0.1, 0.15) is 22.6 Å². The van der Waals surface area contributed by atoms with Crippen LogP contribution in [-0.4, -0.2) is 52.8 Å². The van der Waals surface area contributed by atoms with Gasteiger partial charge in [0, 0.05) is 32.2 Å². The first-order valence-corrected chi connectivity index (χ1v) is 12.3. The number of fused-ring (bicyclic) bond motifs is 5. The Morgan fingerprint density at radius 2 is 2.03 bits per heavy atom. The van der Waals surface area contributed by atoms with E-state index in [-0.39, 0.29) is 48.0 Å². The molecule has 190 valence electrons. The minimum atomic E-state index is -1.42. The number of nitrogens with one attached hydrogen (secondary N) is 1. The number of nitrogens with zero attached hydrogens (tertiary/aromatic N) is 1. The lowest BCUT2D eigenvalue weighted by atomic mass is 9.85. The van der Waals surface area contributed by atoms with E-state index in [2.05, 4.69) is 5.32 Å². The summed E-state index contributed by atoms with van der Waals surface area (Å²) in [5.74, 6) is -0.395. The van der Waals surface area contributed by atoms with E-state index in [9.17, 15) is 19.8 Å². The number of allylic oxidation sites excluding steroid dienone is 3. The number of phenols is 1. The Hall–Kier alpha value is -2.55. The van der Waals surface area contributed by atoms with Gasteiger partial charge in [-0.3, -0.25) is 10.1 Å². The van der Waals surface area contributed by atoms with Crippen molar-refractivity contribution in [2.45, 2.75) is 76.4 Å². The molecule has 1 aromatic carbocycles. The van der Waals surface area contributed by atoms with Crippen LogP contribution in [0.3, 0.4) is 0 Å². The number of hydrogen-bond donors (Lipinski definition) is 3. The quantitative estimate of drug-likeness (QED) is 0.456. The fourth-order valence-corrected chi connectivity index (χ4v) is 5.29. The van der Waals surface area contributed by atoms with Crippen molar-refractivity contribution in [2.24, 2.45) is 5.92 Å². The number of anilines is 1. The molecule has 0 radical (unpaired) electrons. The van der Waals surface area contributed by atoms with Gasteiger partial charge in [-0.2, -0.15) is 0 Å². The highest BCUT2D eigenvalue weighted by atomic mass is 35.5. The maximum Gasteiger partial charge on any atom is 0.409 e. The highest BCUT2D eigenvalue weighted by molar-refractivity contribution is 6.35. The largest absolute Gasteiger partial charge is 0.506 e. The monoisotopic (exact) mass is 504 g/mol. The fraction of sp³-hybridized carbons (Fsp3) is 0.538. The third-order valence-corrected chi connectivity index (χ3v) is 7.64. The number of alkyl carbamates (subject to hydrolysis) is 1. The molecule has 3 N–H and O–H groups in total. The molecule has 2 saturated heterocycles. The number of hydrogen-bond acceptors (Lipinski definition) is 6.